The van der Waals surface area contributed by atoms with E-state index in [0.717, 1.165) is 0 Å². The lowest BCUT2D eigenvalue weighted by molar-refractivity contribution is 0.483. The minimum atomic E-state index is -4.54. The van der Waals surface area contributed by atoms with Crippen molar-refractivity contribution in [3.05, 3.63) is 38.5 Å². The largest absolute Gasteiger partial charge is 0.326 e. The molecule has 0 spiro atoms. The molecule has 1 aromatic carbocycles. The summed E-state index contributed by atoms with van der Waals surface area (Å²) in [5.41, 5.74) is -1.12. The van der Waals surface area contributed by atoms with Gasteiger partial charge in [-0.2, -0.15) is 8.42 Å². The van der Waals surface area contributed by atoms with Crippen LogP contribution in [0.3, 0.4) is 0 Å². The van der Waals surface area contributed by atoms with Crippen LogP contribution in [0.15, 0.2) is 26.6 Å². The van der Waals surface area contributed by atoms with Crippen LogP contribution < -0.4 is 11.2 Å². The van der Waals surface area contributed by atoms with Crippen LogP contribution in [0.1, 0.15) is 19.4 Å². The summed E-state index contributed by atoms with van der Waals surface area (Å²) in [5.74, 6) is 0.239. The van der Waals surface area contributed by atoms with Crippen molar-refractivity contribution in [3.8, 4) is 0 Å². The molecule has 0 aliphatic carbocycles. The van der Waals surface area contributed by atoms with Gasteiger partial charge in [-0.1, -0.05) is 13.8 Å². The van der Waals surface area contributed by atoms with Crippen LogP contribution in [0.2, 0.25) is 0 Å². The molecule has 2 rings (SSSR count). The first-order valence-electron chi connectivity index (χ1n) is 5.95. The molecule has 0 aliphatic rings. The first kappa shape index (κ1) is 14.5. The van der Waals surface area contributed by atoms with E-state index in [1.165, 1.54) is 12.1 Å². The van der Waals surface area contributed by atoms with Crippen LogP contribution in [0.25, 0.3) is 10.9 Å². The molecule has 0 amide bonds. The fourth-order valence-electron chi connectivity index (χ4n) is 2.09. The molecule has 7 nitrogen and oxygen atoms in total. The average molecular weight is 298 g/mol. The van der Waals surface area contributed by atoms with Gasteiger partial charge in [0.25, 0.3) is 15.7 Å². The Bertz CT molecular complexity index is 877. The van der Waals surface area contributed by atoms with E-state index in [-0.39, 0.29) is 16.8 Å². The van der Waals surface area contributed by atoms with E-state index in [1.54, 1.807) is 0 Å². The molecule has 0 radical (unpaired) electrons. The summed E-state index contributed by atoms with van der Waals surface area (Å²) in [4.78, 5) is 26.8. The van der Waals surface area contributed by atoms with Crippen molar-refractivity contribution in [1.82, 2.24) is 9.97 Å². The molecule has 0 bridgehead atoms. The van der Waals surface area contributed by atoms with E-state index in [2.05, 4.69) is 4.98 Å². The number of hydrogen-bond donors (Lipinski definition) is 3. The predicted octanol–water partition coefficient (Wildman–Crippen LogP) is 0.662. The fraction of sp³-hybridized carbons (Fsp3) is 0.333. The molecular formula is C12H14N2O5S. The zero-order chi connectivity index (χ0) is 15.1. The van der Waals surface area contributed by atoms with Gasteiger partial charge in [0.2, 0.25) is 0 Å². The minimum absolute atomic E-state index is 0.0235. The number of aromatic amines is 2. The van der Waals surface area contributed by atoms with Gasteiger partial charge in [0.15, 0.2) is 0 Å². The van der Waals surface area contributed by atoms with Crippen molar-refractivity contribution in [2.24, 2.45) is 5.92 Å². The van der Waals surface area contributed by atoms with Gasteiger partial charge >= 0.3 is 5.69 Å². The van der Waals surface area contributed by atoms with E-state index in [0.29, 0.717) is 12.0 Å². The van der Waals surface area contributed by atoms with E-state index < -0.39 is 26.3 Å². The van der Waals surface area contributed by atoms with Gasteiger partial charge in [-0.25, -0.2) is 4.79 Å². The molecule has 0 saturated heterocycles. The third-order valence-electron chi connectivity index (χ3n) is 2.79. The average Bonchev–Trinajstić information content (AvgIpc) is 2.27. The van der Waals surface area contributed by atoms with Gasteiger partial charge in [-0.15, -0.1) is 0 Å². The smallest absolute Gasteiger partial charge is 0.305 e. The fourth-order valence-corrected chi connectivity index (χ4v) is 2.81. The van der Waals surface area contributed by atoms with Crippen LogP contribution >= 0.6 is 0 Å². The molecular weight excluding hydrogens is 284 g/mol. The summed E-state index contributed by atoms with van der Waals surface area (Å²) in [5, 5.41) is 0.0235. The standard InChI is InChI=1S/C12H14N2O5S/c1-6(2)3-7-4-8-10(9(5-7)20(17,18)19)13-12(16)14-11(8)15/h4-6H,3H2,1-2H3,(H,17,18,19)(H2,13,14,15,16). The maximum absolute atomic E-state index is 11.8. The highest BCUT2D eigenvalue weighted by molar-refractivity contribution is 7.86. The Balaban J connectivity index is 2.93. The predicted molar refractivity (Wildman–Crippen MR) is 73.5 cm³/mol. The number of nitrogens with one attached hydrogen (secondary N) is 2. The zero-order valence-electron chi connectivity index (χ0n) is 10.9. The molecule has 0 unspecified atom stereocenters. The van der Waals surface area contributed by atoms with E-state index >= 15 is 0 Å². The Kier molecular flexibility index (Phi) is 3.53. The molecule has 108 valence electrons. The molecule has 0 atom stereocenters. The van der Waals surface area contributed by atoms with Crippen molar-refractivity contribution in [2.45, 2.75) is 25.2 Å². The zero-order valence-corrected chi connectivity index (χ0v) is 11.7. The quantitative estimate of drug-likeness (QED) is 0.719. The third kappa shape index (κ3) is 2.81. The van der Waals surface area contributed by atoms with Crippen LogP contribution in [0.4, 0.5) is 0 Å². The molecule has 0 saturated carbocycles. The number of fused-ring (bicyclic) bond motifs is 1. The number of H-pyrrole nitrogens is 2. The summed E-state index contributed by atoms with van der Waals surface area (Å²) in [6, 6.07) is 2.78. The lowest BCUT2D eigenvalue weighted by Crippen LogP contribution is -2.23. The molecule has 8 heteroatoms. The highest BCUT2D eigenvalue weighted by atomic mass is 32.2. The molecule has 3 N–H and O–H groups in total. The number of benzene rings is 1. The Hall–Kier alpha value is -1.93. The van der Waals surface area contributed by atoms with E-state index in [9.17, 15) is 22.6 Å². The van der Waals surface area contributed by atoms with Crippen molar-refractivity contribution >= 4 is 21.0 Å². The molecule has 2 aromatic rings. The summed E-state index contributed by atoms with van der Waals surface area (Å²) < 4.78 is 32.1. The maximum atomic E-state index is 11.8. The van der Waals surface area contributed by atoms with Crippen molar-refractivity contribution < 1.29 is 13.0 Å². The normalized spacial score (nSPS) is 12.2. The summed E-state index contributed by atoms with van der Waals surface area (Å²) in [6.07, 6.45) is 0.539. The molecule has 0 fully saturated rings. The Morgan fingerprint density at radius 2 is 1.85 bits per heavy atom. The van der Waals surface area contributed by atoms with Gasteiger partial charge in [0.1, 0.15) is 4.90 Å². The van der Waals surface area contributed by atoms with Gasteiger partial charge in [-0.3, -0.25) is 14.3 Å². The van der Waals surface area contributed by atoms with Gasteiger partial charge < -0.3 is 4.98 Å². The highest BCUT2D eigenvalue weighted by Gasteiger charge is 2.18. The Morgan fingerprint density at radius 3 is 2.40 bits per heavy atom. The molecule has 0 aliphatic heterocycles. The SMILES string of the molecule is CC(C)Cc1cc(S(=O)(=O)O)c2[nH]c(=O)[nH]c(=O)c2c1. The molecule has 20 heavy (non-hydrogen) atoms. The lowest BCUT2D eigenvalue weighted by Gasteiger charge is -2.09. The number of aromatic nitrogens is 2. The van der Waals surface area contributed by atoms with Gasteiger partial charge in [0.05, 0.1) is 10.9 Å². The maximum Gasteiger partial charge on any atom is 0.326 e. The molecule has 1 heterocycles. The van der Waals surface area contributed by atoms with Crippen molar-refractivity contribution in [2.75, 3.05) is 0 Å². The van der Waals surface area contributed by atoms with Crippen LogP contribution in [-0.2, 0) is 16.5 Å². The minimum Gasteiger partial charge on any atom is -0.305 e. The first-order chi connectivity index (χ1) is 9.18. The summed E-state index contributed by atoms with van der Waals surface area (Å²) in [7, 11) is -4.54. The second kappa shape index (κ2) is 4.88. The van der Waals surface area contributed by atoms with Crippen molar-refractivity contribution in [1.29, 1.82) is 0 Å². The van der Waals surface area contributed by atoms with Crippen LogP contribution in [0.5, 0.6) is 0 Å². The Morgan fingerprint density at radius 1 is 1.20 bits per heavy atom. The van der Waals surface area contributed by atoms with Gasteiger partial charge in [0, 0.05) is 0 Å². The van der Waals surface area contributed by atoms with E-state index in [1.807, 2.05) is 18.8 Å². The number of hydrogen-bond acceptors (Lipinski definition) is 4. The topological polar surface area (TPSA) is 120 Å². The first-order valence-corrected chi connectivity index (χ1v) is 7.39. The monoisotopic (exact) mass is 298 g/mol. The summed E-state index contributed by atoms with van der Waals surface area (Å²) in [6.45, 7) is 3.88. The lowest BCUT2D eigenvalue weighted by atomic mass is 10.0. The van der Waals surface area contributed by atoms with Crippen molar-refractivity contribution in [3.63, 3.8) is 0 Å². The highest BCUT2D eigenvalue weighted by Crippen LogP contribution is 2.22. The second-order valence-electron chi connectivity index (χ2n) is 5.00. The molecule has 1 aromatic heterocycles. The van der Waals surface area contributed by atoms with E-state index in [4.69, 9.17) is 0 Å². The van der Waals surface area contributed by atoms with Gasteiger partial charge in [-0.05, 0) is 30.0 Å². The summed E-state index contributed by atoms with van der Waals surface area (Å²) >= 11 is 0. The second-order valence-corrected chi connectivity index (χ2v) is 6.39. The van der Waals surface area contributed by atoms with Crippen LogP contribution in [-0.4, -0.2) is 22.9 Å². The third-order valence-corrected chi connectivity index (χ3v) is 3.67. The Labute approximate surface area is 114 Å². The van der Waals surface area contributed by atoms with Crippen LogP contribution in [0, 0.1) is 5.92 Å². The number of rotatable bonds is 3.